The molecule has 0 atom stereocenters. The van der Waals surface area contributed by atoms with Crippen LogP contribution >= 0.6 is 12.4 Å². The number of halogens is 1. The standard InChI is InChI=1S/C8H5NO2.Ba.ClH.2H/c10-7-5-3-1-2-4-6(5)8(11)9-7;;;;/h1-4H,(H,9,10,11);;1H;;/q;+2;;2*-1. The summed E-state index contributed by atoms with van der Waals surface area (Å²) in [5.74, 6) is -0.601. The number of imide groups is 1. The topological polar surface area (TPSA) is 46.2 Å². The first-order valence-corrected chi connectivity index (χ1v) is 3.24. The van der Waals surface area contributed by atoms with E-state index < -0.39 is 0 Å². The first-order chi connectivity index (χ1) is 5.29. The maximum absolute atomic E-state index is 10.9. The van der Waals surface area contributed by atoms with Crippen molar-refractivity contribution in [1.29, 1.82) is 0 Å². The van der Waals surface area contributed by atoms with Crippen molar-refractivity contribution in [3.05, 3.63) is 35.4 Å². The number of amides is 2. The molecular weight excluding hydrogens is 315 g/mol. The molecule has 1 N–H and O–H groups in total. The van der Waals surface area contributed by atoms with Crippen LogP contribution in [0.1, 0.15) is 23.6 Å². The van der Waals surface area contributed by atoms with E-state index in [9.17, 15) is 9.59 Å². The molecule has 1 aromatic rings. The summed E-state index contributed by atoms with van der Waals surface area (Å²) in [5, 5.41) is 2.20. The van der Waals surface area contributed by atoms with Gasteiger partial charge in [0.2, 0.25) is 0 Å². The number of rotatable bonds is 0. The maximum Gasteiger partial charge on any atom is 2.00 e. The van der Waals surface area contributed by atoms with Gasteiger partial charge in [-0.1, -0.05) is 12.1 Å². The van der Waals surface area contributed by atoms with Gasteiger partial charge < -0.3 is 2.85 Å². The zero-order chi connectivity index (χ0) is 7.84. The predicted molar refractivity (Wildman–Crippen MR) is 53.5 cm³/mol. The van der Waals surface area contributed by atoms with E-state index in [0.717, 1.165) is 0 Å². The third kappa shape index (κ3) is 2.37. The summed E-state index contributed by atoms with van der Waals surface area (Å²) in [7, 11) is 0. The minimum atomic E-state index is -0.300. The van der Waals surface area contributed by atoms with Crippen LogP contribution in [0.2, 0.25) is 0 Å². The number of nitrogens with one attached hydrogen (secondary N) is 1. The SMILES string of the molecule is Cl.O=C1NC(=O)c2ccccc21.[Ba+2].[H-].[H-]. The van der Waals surface area contributed by atoms with Crippen LogP contribution in [0.15, 0.2) is 24.3 Å². The molecule has 0 spiro atoms. The Bertz CT molecular complexity index is 329. The molecule has 0 bridgehead atoms. The van der Waals surface area contributed by atoms with Gasteiger partial charge in [-0.05, 0) is 12.1 Å². The second-order valence-electron chi connectivity index (χ2n) is 2.33. The molecule has 1 aliphatic heterocycles. The quantitative estimate of drug-likeness (QED) is 0.568. The minimum absolute atomic E-state index is 0. The molecule has 0 fully saturated rings. The zero-order valence-electron chi connectivity index (χ0n) is 8.74. The van der Waals surface area contributed by atoms with Crippen molar-refractivity contribution in [2.24, 2.45) is 0 Å². The van der Waals surface area contributed by atoms with Crippen molar-refractivity contribution < 1.29 is 12.4 Å². The van der Waals surface area contributed by atoms with Gasteiger partial charge in [-0.25, -0.2) is 0 Å². The fourth-order valence-corrected chi connectivity index (χ4v) is 1.12. The largest absolute Gasteiger partial charge is 2.00 e. The fraction of sp³-hybridized carbons (Fsp3) is 0. The summed E-state index contributed by atoms with van der Waals surface area (Å²) in [6, 6.07) is 6.74. The third-order valence-electron chi connectivity index (χ3n) is 1.64. The molecule has 0 unspecified atom stereocenters. The average molecular weight is 323 g/mol. The Morgan fingerprint density at radius 1 is 1.00 bits per heavy atom. The van der Waals surface area contributed by atoms with E-state index in [1.54, 1.807) is 24.3 Å². The molecule has 1 aliphatic rings. The van der Waals surface area contributed by atoms with Crippen LogP contribution in [0.4, 0.5) is 0 Å². The molecule has 2 rings (SSSR count). The Hall–Kier alpha value is 0.221. The summed E-state index contributed by atoms with van der Waals surface area (Å²) in [5.41, 5.74) is 0.940. The van der Waals surface area contributed by atoms with Crippen LogP contribution in [0.25, 0.3) is 0 Å². The number of hydrogen-bond donors (Lipinski definition) is 1. The van der Waals surface area contributed by atoms with Crippen molar-refractivity contribution in [2.45, 2.75) is 0 Å². The summed E-state index contributed by atoms with van der Waals surface area (Å²) < 4.78 is 0. The van der Waals surface area contributed by atoms with E-state index in [1.807, 2.05) is 0 Å². The second-order valence-corrected chi connectivity index (χ2v) is 2.33. The van der Waals surface area contributed by atoms with Gasteiger partial charge in [0.15, 0.2) is 0 Å². The van der Waals surface area contributed by atoms with Crippen LogP contribution < -0.4 is 5.32 Å². The van der Waals surface area contributed by atoms with E-state index in [2.05, 4.69) is 5.32 Å². The number of fused-ring (bicyclic) bond motifs is 1. The molecule has 1 heterocycles. The summed E-state index contributed by atoms with van der Waals surface area (Å²) in [6.07, 6.45) is 0. The van der Waals surface area contributed by atoms with Gasteiger partial charge in [0.1, 0.15) is 0 Å². The Kier molecular flexibility index (Phi) is 5.28. The van der Waals surface area contributed by atoms with Crippen molar-refractivity contribution in [2.75, 3.05) is 0 Å². The van der Waals surface area contributed by atoms with Crippen molar-refractivity contribution in [3.63, 3.8) is 0 Å². The van der Waals surface area contributed by atoms with Gasteiger partial charge in [0.25, 0.3) is 11.8 Å². The number of carbonyl (C=O) groups is 2. The molecule has 5 heteroatoms. The molecule has 66 valence electrons. The smallest absolute Gasteiger partial charge is 1.00 e. The molecule has 0 aromatic heterocycles. The molecule has 0 saturated carbocycles. The third-order valence-corrected chi connectivity index (χ3v) is 1.64. The molecule has 13 heavy (non-hydrogen) atoms. The van der Waals surface area contributed by atoms with Crippen molar-refractivity contribution in [1.82, 2.24) is 5.32 Å². The Morgan fingerprint density at radius 2 is 1.38 bits per heavy atom. The zero-order valence-corrected chi connectivity index (χ0v) is 12.0. The molecule has 2 amide bonds. The van der Waals surface area contributed by atoms with Gasteiger partial charge in [-0.15, -0.1) is 12.4 Å². The first kappa shape index (κ1) is 13.2. The molecule has 0 radical (unpaired) electrons. The van der Waals surface area contributed by atoms with Gasteiger partial charge >= 0.3 is 48.9 Å². The Morgan fingerprint density at radius 3 is 1.77 bits per heavy atom. The number of carbonyl (C=O) groups excluding carboxylic acids is 2. The minimum Gasteiger partial charge on any atom is -1.00 e. The van der Waals surface area contributed by atoms with Crippen LogP contribution in [-0.4, -0.2) is 60.7 Å². The fourth-order valence-electron chi connectivity index (χ4n) is 1.12. The Balaban J connectivity index is -0.000000360. The second kappa shape index (κ2) is 5.19. The predicted octanol–water partition coefficient (Wildman–Crippen LogP) is 0.836. The molecule has 0 saturated heterocycles. The van der Waals surface area contributed by atoms with Crippen LogP contribution in [0, 0.1) is 0 Å². The van der Waals surface area contributed by atoms with Gasteiger partial charge in [0.05, 0.1) is 11.1 Å². The Labute approximate surface area is 125 Å². The van der Waals surface area contributed by atoms with E-state index >= 15 is 0 Å². The van der Waals surface area contributed by atoms with E-state index in [-0.39, 0.29) is 76.0 Å². The monoisotopic (exact) mass is 323 g/mol. The van der Waals surface area contributed by atoms with Crippen LogP contribution in [0.5, 0.6) is 0 Å². The average Bonchev–Trinajstić information content (AvgIpc) is 2.30. The summed E-state index contributed by atoms with van der Waals surface area (Å²) in [6.45, 7) is 0. The van der Waals surface area contributed by atoms with Gasteiger partial charge in [-0.2, -0.15) is 0 Å². The molecule has 3 nitrogen and oxygen atoms in total. The van der Waals surface area contributed by atoms with Crippen molar-refractivity contribution in [3.8, 4) is 0 Å². The van der Waals surface area contributed by atoms with Crippen molar-refractivity contribution >= 4 is 73.1 Å². The maximum atomic E-state index is 10.9. The number of hydrogen-bond acceptors (Lipinski definition) is 2. The van der Waals surface area contributed by atoms with Gasteiger partial charge in [0, 0.05) is 0 Å². The van der Waals surface area contributed by atoms with Crippen LogP contribution in [-0.2, 0) is 0 Å². The first-order valence-electron chi connectivity index (χ1n) is 3.24. The van der Waals surface area contributed by atoms with E-state index in [1.165, 1.54) is 0 Å². The summed E-state index contributed by atoms with van der Waals surface area (Å²) in [4.78, 5) is 21.9. The molecule has 0 aliphatic carbocycles. The van der Waals surface area contributed by atoms with E-state index in [4.69, 9.17) is 0 Å². The normalized spacial score (nSPS) is 12.3. The molecule has 1 aromatic carbocycles. The summed E-state index contributed by atoms with van der Waals surface area (Å²) >= 11 is 0. The van der Waals surface area contributed by atoms with E-state index in [0.29, 0.717) is 11.1 Å². The molecular formula is C8H8BaClNO2. The van der Waals surface area contributed by atoms with Crippen LogP contribution in [0.3, 0.4) is 0 Å². The van der Waals surface area contributed by atoms with Gasteiger partial charge in [-0.3, -0.25) is 14.9 Å². The number of benzene rings is 1.